The number of allylic oxidation sites excluding steroid dienone is 18. The third-order valence-electron chi connectivity index (χ3n) is 16.6. The molecule has 0 aliphatic heterocycles. The fourth-order valence-corrected chi connectivity index (χ4v) is 11.8. The molecule has 0 saturated heterocycles. The highest BCUT2D eigenvalue weighted by Crippen LogP contribution is 2.43. The summed E-state index contributed by atoms with van der Waals surface area (Å²) in [6.07, 6.45) is 105. The first-order valence-electron chi connectivity index (χ1n) is 38.4. The summed E-state index contributed by atoms with van der Waals surface area (Å²) in [5.74, 6) is -0.823. The number of carbonyl (C=O) groups excluding carboxylic acids is 2. The van der Waals surface area contributed by atoms with Crippen LogP contribution >= 0.6 is 7.82 Å². The summed E-state index contributed by atoms with van der Waals surface area (Å²) in [7, 11) is -4.40. The van der Waals surface area contributed by atoms with E-state index in [-0.39, 0.29) is 38.6 Å². The van der Waals surface area contributed by atoms with E-state index in [2.05, 4.69) is 123 Å². The lowest BCUT2D eigenvalue weighted by Crippen LogP contribution is -2.29. The van der Waals surface area contributed by atoms with Crippen molar-refractivity contribution >= 4 is 19.8 Å². The molecule has 0 heterocycles. The Morgan fingerprint density at radius 2 is 0.604 bits per heavy atom. The lowest BCUT2D eigenvalue weighted by atomic mass is 10.0. The highest BCUT2D eigenvalue weighted by Gasteiger charge is 2.26. The largest absolute Gasteiger partial charge is 0.472 e. The number of nitrogens with two attached hydrogens (primary N) is 1. The zero-order valence-corrected chi connectivity index (χ0v) is 60.2. The molecular weight excluding hydrogens is 1150 g/mol. The van der Waals surface area contributed by atoms with Crippen LogP contribution in [0.15, 0.2) is 109 Å². The van der Waals surface area contributed by atoms with Crippen LogP contribution in [0.2, 0.25) is 0 Å². The number of rotatable bonds is 72. The van der Waals surface area contributed by atoms with Crippen molar-refractivity contribution in [3.63, 3.8) is 0 Å². The van der Waals surface area contributed by atoms with Crippen LogP contribution in [-0.4, -0.2) is 49.3 Å². The third kappa shape index (κ3) is 75.6. The molecule has 0 fully saturated rings. The average Bonchev–Trinajstić information content (AvgIpc) is 3.68. The number of hydrogen-bond donors (Lipinski definition) is 2. The van der Waals surface area contributed by atoms with Gasteiger partial charge in [-0.05, 0) is 103 Å². The highest BCUT2D eigenvalue weighted by atomic mass is 31.2. The van der Waals surface area contributed by atoms with Crippen molar-refractivity contribution in [1.29, 1.82) is 0 Å². The van der Waals surface area contributed by atoms with E-state index < -0.39 is 26.5 Å². The van der Waals surface area contributed by atoms with Crippen molar-refractivity contribution < 1.29 is 37.6 Å². The Labute approximate surface area is 562 Å². The topological polar surface area (TPSA) is 134 Å². The Hall–Kier alpha value is -3.33. The summed E-state index contributed by atoms with van der Waals surface area (Å²) in [6, 6.07) is 0. The minimum absolute atomic E-state index is 0.0498. The second-order valence-electron chi connectivity index (χ2n) is 25.5. The minimum atomic E-state index is -4.40. The first kappa shape index (κ1) is 87.7. The van der Waals surface area contributed by atoms with Crippen LogP contribution in [0.1, 0.15) is 361 Å². The molecule has 0 saturated carbocycles. The van der Waals surface area contributed by atoms with Crippen molar-refractivity contribution in [2.45, 2.75) is 367 Å². The second kappa shape index (κ2) is 75.7. The number of esters is 2. The van der Waals surface area contributed by atoms with Gasteiger partial charge in [-0.3, -0.25) is 18.6 Å². The smallest absolute Gasteiger partial charge is 0.462 e. The molecule has 0 aliphatic carbocycles. The van der Waals surface area contributed by atoms with E-state index in [1.807, 2.05) is 0 Å². The number of ether oxygens (including phenoxy) is 2. The molecule has 526 valence electrons. The molecule has 0 rings (SSSR count). The Balaban J connectivity index is 3.85. The van der Waals surface area contributed by atoms with Gasteiger partial charge < -0.3 is 20.1 Å². The maximum absolute atomic E-state index is 12.8. The molecular formula is C81H144NO8P. The van der Waals surface area contributed by atoms with Gasteiger partial charge in [-0.15, -0.1) is 0 Å². The van der Waals surface area contributed by atoms with Crippen LogP contribution < -0.4 is 5.73 Å². The molecule has 0 aliphatic rings. The molecule has 0 bridgehead atoms. The first-order valence-corrected chi connectivity index (χ1v) is 39.9. The van der Waals surface area contributed by atoms with Crippen LogP contribution in [0.3, 0.4) is 0 Å². The van der Waals surface area contributed by atoms with Gasteiger partial charge in [0.2, 0.25) is 0 Å². The standard InChI is InChI=1S/C81H144NO8P/c1-3-5-7-9-11-13-15-17-19-21-23-25-27-29-31-33-35-37-39-41-43-45-47-49-51-53-55-57-59-61-63-65-67-69-71-73-80(83)87-77-79(78-89-91(85,86)88-76-75-82)90-81(84)74-72-70-68-66-64-62-60-58-56-54-52-50-48-46-44-42-40-38-36-34-32-30-28-26-24-22-20-18-16-14-12-10-8-6-4-2/h6,8,12,14,18,20-21,23-24,26,30,32,36,38,42,44,48,50,79H,3-5,7,9-11,13,15-17,19,22,25,27-29,31,33-35,37,39-41,43,45-47,49,51-78,82H2,1-2H3,(H,85,86)/b8-6-,14-12-,20-18-,23-21-,26-24-,32-30-,38-36-,44-42-,50-48-. The quantitative estimate of drug-likeness (QED) is 0.0264. The molecule has 0 amide bonds. The molecule has 2 unspecified atom stereocenters. The molecule has 10 heteroatoms. The number of hydrogen-bond acceptors (Lipinski definition) is 8. The fourth-order valence-electron chi connectivity index (χ4n) is 11.0. The van der Waals surface area contributed by atoms with Gasteiger partial charge in [-0.2, -0.15) is 0 Å². The van der Waals surface area contributed by atoms with Crippen LogP contribution in [0, 0.1) is 0 Å². The number of carbonyl (C=O) groups is 2. The summed E-state index contributed by atoms with van der Waals surface area (Å²) in [5, 5.41) is 0. The predicted molar refractivity (Wildman–Crippen MR) is 395 cm³/mol. The Morgan fingerprint density at radius 3 is 0.912 bits per heavy atom. The van der Waals surface area contributed by atoms with Gasteiger partial charge in [0.15, 0.2) is 6.10 Å². The van der Waals surface area contributed by atoms with Crippen molar-refractivity contribution in [1.82, 2.24) is 0 Å². The summed E-state index contributed by atoms with van der Waals surface area (Å²) in [5.41, 5.74) is 5.41. The van der Waals surface area contributed by atoms with E-state index >= 15 is 0 Å². The Bertz CT molecular complexity index is 1860. The SMILES string of the molecule is CC/C=C\C/C=C\C/C=C\C/C=C\C/C=C\C/C=C\C/C=C\C/C=C\CCCCCCCCCCCCC(=O)OC(COC(=O)CCCCCCCCCCCCCCCCCCCCCCCCC/C=C\CCCCCCCCCC)COP(=O)(O)OCCN. The summed E-state index contributed by atoms with van der Waals surface area (Å²) >= 11 is 0. The van der Waals surface area contributed by atoms with E-state index in [9.17, 15) is 19.0 Å². The van der Waals surface area contributed by atoms with Crippen LogP contribution in [0.5, 0.6) is 0 Å². The number of unbranched alkanes of at least 4 members (excludes halogenated alkanes) is 41. The maximum atomic E-state index is 12.8. The molecule has 91 heavy (non-hydrogen) atoms. The molecule has 0 radical (unpaired) electrons. The molecule has 2 atom stereocenters. The lowest BCUT2D eigenvalue weighted by Gasteiger charge is -2.19. The van der Waals surface area contributed by atoms with Crippen molar-refractivity contribution in [3.05, 3.63) is 109 Å². The fraction of sp³-hybridized carbons (Fsp3) is 0.753. The van der Waals surface area contributed by atoms with Gasteiger partial charge in [0.05, 0.1) is 13.2 Å². The minimum Gasteiger partial charge on any atom is -0.462 e. The van der Waals surface area contributed by atoms with Gasteiger partial charge in [0, 0.05) is 19.4 Å². The van der Waals surface area contributed by atoms with Crippen molar-refractivity contribution in [2.24, 2.45) is 5.73 Å². The van der Waals surface area contributed by atoms with Crippen LogP contribution in [0.25, 0.3) is 0 Å². The van der Waals surface area contributed by atoms with Gasteiger partial charge in [-0.1, -0.05) is 354 Å². The number of phosphoric ester groups is 1. The van der Waals surface area contributed by atoms with Gasteiger partial charge in [-0.25, -0.2) is 4.57 Å². The molecule has 9 nitrogen and oxygen atoms in total. The van der Waals surface area contributed by atoms with E-state index in [4.69, 9.17) is 24.3 Å². The summed E-state index contributed by atoms with van der Waals surface area (Å²) < 4.78 is 33.2. The van der Waals surface area contributed by atoms with E-state index in [0.29, 0.717) is 6.42 Å². The zero-order chi connectivity index (χ0) is 65.8. The molecule has 0 aromatic heterocycles. The normalized spacial score (nSPS) is 13.5. The van der Waals surface area contributed by atoms with Crippen molar-refractivity contribution in [2.75, 3.05) is 26.4 Å². The lowest BCUT2D eigenvalue weighted by molar-refractivity contribution is -0.161. The third-order valence-corrected chi connectivity index (χ3v) is 17.6. The second-order valence-corrected chi connectivity index (χ2v) is 26.9. The molecule has 3 N–H and O–H groups in total. The van der Waals surface area contributed by atoms with E-state index in [0.717, 1.165) is 96.3 Å². The highest BCUT2D eigenvalue weighted by molar-refractivity contribution is 7.47. The monoisotopic (exact) mass is 1290 g/mol. The first-order chi connectivity index (χ1) is 44.8. The van der Waals surface area contributed by atoms with E-state index in [1.54, 1.807) is 0 Å². The van der Waals surface area contributed by atoms with Crippen molar-refractivity contribution in [3.8, 4) is 0 Å². The molecule has 0 spiro atoms. The van der Waals surface area contributed by atoms with Gasteiger partial charge in [0.1, 0.15) is 6.61 Å². The maximum Gasteiger partial charge on any atom is 0.472 e. The van der Waals surface area contributed by atoms with Gasteiger partial charge in [0.25, 0.3) is 0 Å². The van der Waals surface area contributed by atoms with E-state index in [1.165, 1.54) is 231 Å². The molecule has 0 aromatic rings. The Morgan fingerprint density at radius 1 is 0.341 bits per heavy atom. The predicted octanol–water partition coefficient (Wildman–Crippen LogP) is 25.6. The average molecular weight is 1290 g/mol. The zero-order valence-electron chi connectivity index (χ0n) is 59.3. The Kier molecular flexibility index (Phi) is 72.9. The number of phosphoric acid groups is 1. The molecule has 0 aromatic carbocycles. The summed E-state index contributed by atoms with van der Waals surface area (Å²) in [6.45, 7) is 3.67. The van der Waals surface area contributed by atoms with Gasteiger partial charge >= 0.3 is 19.8 Å². The summed E-state index contributed by atoms with van der Waals surface area (Å²) in [4.78, 5) is 35.4. The van der Waals surface area contributed by atoms with Crippen LogP contribution in [-0.2, 0) is 32.7 Å². The van der Waals surface area contributed by atoms with Crippen LogP contribution in [0.4, 0.5) is 0 Å².